The van der Waals surface area contributed by atoms with Gasteiger partial charge in [0.05, 0.1) is 12.1 Å². The molecule has 0 saturated carbocycles. The lowest BCUT2D eigenvalue weighted by atomic mass is 10.0. The van der Waals surface area contributed by atoms with Crippen LogP contribution >= 0.6 is 0 Å². The summed E-state index contributed by atoms with van der Waals surface area (Å²) in [4.78, 5) is 23.8. The number of rotatable bonds is 3. The predicted octanol–water partition coefficient (Wildman–Crippen LogP) is 3.37. The van der Waals surface area contributed by atoms with Gasteiger partial charge >= 0.3 is 6.18 Å². The van der Waals surface area contributed by atoms with Crippen LogP contribution in [0.2, 0.25) is 0 Å². The molecule has 1 heterocycles. The van der Waals surface area contributed by atoms with Gasteiger partial charge in [0.15, 0.2) is 5.78 Å². The number of pyridine rings is 1. The SMILES string of the molecule is Cc1ccc(C(=O)Cn2cc(C(F)(F)F)ccc2=O)cc1C. The molecule has 0 aliphatic heterocycles. The van der Waals surface area contributed by atoms with Crippen LogP contribution in [-0.4, -0.2) is 10.4 Å². The highest BCUT2D eigenvalue weighted by Gasteiger charge is 2.31. The number of aromatic nitrogens is 1. The van der Waals surface area contributed by atoms with E-state index in [0.29, 0.717) is 17.8 Å². The number of carbonyl (C=O) groups is 1. The molecule has 0 fully saturated rings. The van der Waals surface area contributed by atoms with Crippen molar-refractivity contribution in [3.05, 3.63) is 69.1 Å². The number of hydrogen-bond donors (Lipinski definition) is 0. The van der Waals surface area contributed by atoms with Gasteiger partial charge in [-0.3, -0.25) is 9.59 Å². The molecule has 0 saturated heterocycles. The average Bonchev–Trinajstić information content (AvgIpc) is 2.43. The van der Waals surface area contributed by atoms with Crippen molar-refractivity contribution in [3.63, 3.8) is 0 Å². The fraction of sp³-hybridized carbons (Fsp3) is 0.250. The number of aryl methyl sites for hydroxylation is 2. The normalized spacial score (nSPS) is 11.5. The van der Waals surface area contributed by atoms with Gasteiger partial charge in [-0.25, -0.2) is 0 Å². The highest BCUT2D eigenvalue weighted by molar-refractivity contribution is 5.96. The van der Waals surface area contributed by atoms with E-state index in [1.165, 1.54) is 0 Å². The van der Waals surface area contributed by atoms with Crippen LogP contribution in [0.3, 0.4) is 0 Å². The van der Waals surface area contributed by atoms with E-state index in [1.807, 2.05) is 13.8 Å². The van der Waals surface area contributed by atoms with Gasteiger partial charge < -0.3 is 4.57 Å². The standard InChI is InChI=1S/C16H14F3NO2/c1-10-3-4-12(7-11(10)2)14(21)9-20-8-13(16(17,18)19)5-6-15(20)22/h3-8H,9H2,1-2H3. The summed E-state index contributed by atoms with van der Waals surface area (Å²) in [5.41, 5.74) is 0.674. The molecule has 0 N–H and O–H groups in total. The molecule has 6 heteroatoms. The highest BCUT2D eigenvalue weighted by atomic mass is 19.4. The number of alkyl halides is 3. The minimum atomic E-state index is -4.56. The molecule has 1 aromatic heterocycles. The zero-order valence-corrected chi connectivity index (χ0v) is 12.1. The molecule has 2 aromatic rings. The first-order chi connectivity index (χ1) is 10.2. The number of hydrogen-bond acceptors (Lipinski definition) is 2. The van der Waals surface area contributed by atoms with Crippen molar-refractivity contribution in [2.24, 2.45) is 0 Å². The lowest BCUT2D eigenvalue weighted by molar-refractivity contribution is -0.138. The first-order valence-corrected chi connectivity index (χ1v) is 6.56. The summed E-state index contributed by atoms with van der Waals surface area (Å²) in [7, 11) is 0. The first kappa shape index (κ1) is 16.0. The molecule has 0 atom stereocenters. The average molecular weight is 309 g/mol. The van der Waals surface area contributed by atoms with Crippen molar-refractivity contribution < 1.29 is 18.0 Å². The van der Waals surface area contributed by atoms with Crippen LogP contribution in [-0.2, 0) is 12.7 Å². The summed E-state index contributed by atoms with van der Waals surface area (Å²) < 4.78 is 38.7. The van der Waals surface area contributed by atoms with Crippen molar-refractivity contribution in [2.75, 3.05) is 0 Å². The molecule has 0 unspecified atom stereocenters. The number of carbonyl (C=O) groups excluding carboxylic acids is 1. The molecular formula is C16H14F3NO2. The maximum Gasteiger partial charge on any atom is 0.417 e. The Labute approximate surface area is 125 Å². The van der Waals surface area contributed by atoms with Gasteiger partial charge in [0.2, 0.25) is 0 Å². The Morgan fingerprint density at radius 1 is 1.09 bits per heavy atom. The second kappa shape index (κ2) is 5.79. The van der Waals surface area contributed by atoms with E-state index in [0.717, 1.165) is 21.8 Å². The van der Waals surface area contributed by atoms with Gasteiger partial charge in [-0.05, 0) is 37.1 Å². The Morgan fingerprint density at radius 2 is 1.77 bits per heavy atom. The van der Waals surface area contributed by atoms with Gasteiger partial charge in [-0.1, -0.05) is 12.1 Å². The van der Waals surface area contributed by atoms with Crippen LogP contribution in [0.25, 0.3) is 0 Å². The zero-order chi connectivity index (χ0) is 16.5. The van der Waals surface area contributed by atoms with E-state index in [9.17, 15) is 22.8 Å². The molecule has 1 aromatic carbocycles. The minimum Gasteiger partial charge on any atom is -0.307 e. The second-order valence-electron chi connectivity index (χ2n) is 5.10. The van der Waals surface area contributed by atoms with Gasteiger partial charge in [-0.15, -0.1) is 0 Å². The predicted molar refractivity (Wildman–Crippen MR) is 76.0 cm³/mol. The third kappa shape index (κ3) is 3.44. The molecule has 0 bridgehead atoms. The van der Waals surface area contributed by atoms with Crippen molar-refractivity contribution in [2.45, 2.75) is 26.6 Å². The number of nitrogens with zero attached hydrogens (tertiary/aromatic N) is 1. The fourth-order valence-corrected chi connectivity index (χ4v) is 1.98. The maximum atomic E-state index is 12.7. The molecule has 0 amide bonds. The topological polar surface area (TPSA) is 39.1 Å². The van der Waals surface area contributed by atoms with E-state index in [-0.39, 0.29) is 0 Å². The Kier molecular flexibility index (Phi) is 4.21. The molecule has 0 aliphatic rings. The Hall–Kier alpha value is -2.37. The van der Waals surface area contributed by atoms with Crippen LogP contribution < -0.4 is 5.56 Å². The van der Waals surface area contributed by atoms with Crippen LogP contribution in [0.4, 0.5) is 13.2 Å². The van der Waals surface area contributed by atoms with Gasteiger partial charge in [0, 0.05) is 17.8 Å². The number of ketones is 1. The molecule has 116 valence electrons. The zero-order valence-electron chi connectivity index (χ0n) is 12.1. The number of benzene rings is 1. The fourth-order valence-electron chi connectivity index (χ4n) is 1.98. The summed E-state index contributed by atoms with van der Waals surface area (Å²) in [6.07, 6.45) is -3.89. The van der Waals surface area contributed by atoms with Crippen LogP contribution in [0.1, 0.15) is 27.0 Å². The molecular weight excluding hydrogens is 295 g/mol. The summed E-state index contributed by atoms with van der Waals surface area (Å²) in [5, 5.41) is 0. The molecule has 0 radical (unpaired) electrons. The van der Waals surface area contributed by atoms with Gasteiger partial charge in [0.25, 0.3) is 5.56 Å². The van der Waals surface area contributed by atoms with Crippen molar-refractivity contribution in [1.82, 2.24) is 4.57 Å². The molecule has 0 spiro atoms. The maximum absolute atomic E-state index is 12.7. The molecule has 2 rings (SSSR count). The Balaban J connectivity index is 2.32. The van der Waals surface area contributed by atoms with E-state index < -0.39 is 29.6 Å². The van der Waals surface area contributed by atoms with Crippen LogP contribution in [0.5, 0.6) is 0 Å². The third-order valence-corrected chi connectivity index (χ3v) is 3.45. The van der Waals surface area contributed by atoms with Gasteiger partial charge in [-0.2, -0.15) is 13.2 Å². The highest BCUT2D eigenvalue weighted by Crippen LogP contribution is 2.28. The lowest BCUT2D eigenvalue weighted by Crippen LogP contribution is -2.25. The monoisotopic (exact) mass is 309 g/mol. The van der Waals surface area contributed by atoms with Crippen LogP contribution in [0, 0.1) is 13.8 Å². The molecule has 0 aliphatic carbocycles. The van der Waals surface area contributed by atoms with Gasteiger partial charge in [0.1, 0.15) is 0 Å². The first-order valence-electron chi connectivity index (χ1n) is 6.56. The largest absolute Gasteiger partial charge is 0.417 e. The van der Waals surface area contributed by atoms with E-state index in [1.54, 1.807) is 18.2 Å². The number of halogens is 3. The van der Waals surface area contributed by atoms with Crippen molar-refractivity contribution >= 4 is 5.78 Å². The smallest absolute Gasteiger partial charge is 0.307 e. The lowest BCUT2D eigenvalue weighted by Gasteiger charge is -2.10. The summed E-state index contributed by atoms with van der Waals surface area (Å²) in [6.45, 7) is 3.30. The van der Waals surface area contributed by atoms with E-state index >= 15 is 0 Å². The minimum absolute atomic E-state index is 0.368. The van der Waals surface area contributed by atoms with Crippen molar-refractivity contribution in [1.29, 1.82) is 0 Å². The number of Topliss-reactive ketones (excluding diaryl/α,β-unsaturated/α-hetero) is 1. The molecule has 22 heavy (non-hydrogen) atoms. The Bertz CT molecular complexity index is 776. The summed E-state index contributed by atoms with van der Waals surface area (Å²) in [6, 6.07) is 6.55. The quantitative estimate of drug-likeness (QED) is 0.816. The summed E-state index contributed by atoms with van der Waals surface area (Å²) in [5.74, 6) is -0.412. The summed E-state index contributed by atoms with van der Waals surface area (Å²) >= 11 is 0. The van der Waals surface area contributed by atoms with Crippen LogP contribution in [0.15, 0.2) is 41.3 Å². The third-order valence-electron chi connectivity index (χ3n) is 3.45. The van der Waals surface area contributed by atoms with E-state index in [4.69, 9.17) is 0 Å². The molecule has 3 nitrogen and oxygen atoms in total. The van der Waals surface area contributed by atoms with Crippen molar-refractivity contribution in [3.8, 4) is 0 Å². The van der Waals surface area contributed by atoms with E-state index in [2.05, 4.69) is 0 Å². The Morgan fingerprint density at radius 3 is 2.36 bits per heavy atom. The second-order valence-corrected chi connectivity index (χ2v) is 5.10.